The summed E-state index contributed by atoms with van der Waals surface area (Å²) in [5.41, 5.74) is 2.96. The van der Waals surface area contributed by atoms with Crippen LogP contribution < -0.4 is 10.6 Å². The largest absolute Gasteiger partial charge is 0.387 e. The Labute approximate surface area is 163 Å². The summed E-state index contributed by atoms with van der Waals surface area (Å²) in [4.78, 5) is 16.5. The molecule has 3 N–H and O–H groups in total. The van der Waals surface area contributed by atoms with Gasteiger partial charge in [0.15, 0.2) is 0 Å². The number of halogens is 1. The van der Waals surface area contributed by atoms with Crippen molar-refractivity contribution in [2.45, 2.75) is 13.0 Å². The number of aliphatic hydroxyl groups excluding tert-OH is 1. The van der Waals surface area contributed by atoms with Gasteiger partial charge < -0.3 is 15.7 Å². The molecular weight excluding hydrogens is 362 g/mol. The van der Waals surface area contributed by atoms with Gasteiger partial charge in [0.25, 0.3) is 5.91 Å². The van der Waals surface area contributed by atoms with Crippen molar-refractivity contribution >= 4 is 29.0 Å². The minimum absolute atomic E-state index is 0.267. The number of aromatic nitrogens is 1. The Bertz CT molecular complexity index is 929. The lowest BCUT2D eigenvalue weighted by Crippen LogP contribution is -2.15. The van der Waals surface area contributed by atoms with Crippen molar-refractivity contribution in [3.63, 3.8) is 0 Å². The molecule has 0 radical (unpaired) electrons. The van der Waals surface area contributed by atoms with Crippen molar-refractivity contribution in [3.05, 3.63) is 88.6 Å². The molecule has 0 bridgehead atoms. The van der Waals surface area contributed by atoms with Gasteiger partial charge in [-0.3, -0.25) is 4.79 Å². The number of rotatable bonds is 6. The molecule has 3 rings (SSSR count). The van der Waals surface area contributed by atoms with Crippen LogP contribution in [-0.4, -0.2) is 22.5 Å². The SMILES string of the molecule is Cc1ccccc1C(O)CNc1ccc(C(=O)Nc2cccc(Cl)c2)cn1. The van der Waals surface area contributed by atoms with Gasteiger partial charge in [-0.05, 0) is 48.4 Å². The molecule has 0 aliphatic rings. The Morgan fingerprint density at radius 3 is 2.67 bits per heavy atom. The number of hydrogen-bond acceptors (Lipinski definition) is 4. The maximum absolute atomic E-state index is 12.3. The Kier molecular flexibility index (Phi) is 6.06. The monoisotopic (exact) mass is 381 g/mol. The first-order chi connectivity index (χ1) is 13.0. The van der Waals surface area contributed by atoms with Gasteiger partial charge in [-0.25, -0.2) is 4.98 Å². The quantitative estimate of drug-likeness (QED) is 0.590. The molecule has 0 fully saturated rings. The highest BCUT2D eigenvalue weighted by atomic mass is 35.5. The van der Waals surface area contributed by atoms with Crippen LogP contribution in [0.2, 0.25) is 5.02 Å². The number of anilines is 2. The summed E-state index contributed by atoms with van der Waals surface area (Å²) < 4.78 is 0. The average Bonchev–Trinajstić information content (AvgIpc) is 2.67. The van der Waals surface area contributed by atoms with Crippen LogP contribution in [0.4, 0.5) is 11.5 Å². The van der Waals surface area contributed by atoms with Crippen LogP contribution in [0.25, 0.3) is 0 Å². The van der Waals surface area contributed by atoms with Crippen LogP contribution in [0, 0.1) is 6.92 Å². The third kappa shape index (κ3) is 5.06. The second-order valence-electron chi connectivity index (χ2n) is 6.15. The van der Waals surface area contributed by atoms with E-state index >= 15 is 0 Å². The Balaban J connectivity index is 1.58. The molecule has 5 nitrogen and oxygen atoms in total. The number of aliphatic hydroxyl groups is 1. The standard InChI is InChI=1S/C21H20ClN3O2/c1-14-5-2-3-8-18(14)19(26)13-24-20-10-9-15(12-23-20)21(27)25-17-7-4-6-16(22)11-17/h2-12,19,26H,13H2,1H3,(H,23,24)(H,25,27). The van der Waals surface area contributed by atoms with E-state index in [1.165, 1.54) is 6.20 Å². The topological polar surface area (TPSA) is 74.2 Å². The van der Waals surface area contributed by atoms with Gasteiger partial charge in [-0.15, -0.1) is 0 Å². The molecule has 1 unspecified atom stereocenters. The average molecular weight is 382 g/mol. The molecule has 6 heteroatoms. The van der Waals surface area contributed by atoms with Gasteiger partial charge in [-0.1, -0.05) is 41.9 Å². The summed E-state index contributed by atoms with van der Waals surface area (Å²) in [5.74, 6) is 0.318. The Hall–Kier alpha value is -2.89. The van der Waals surface area contributed by atoms with E-state index in [0.29, 0.717) is 28.6 Å². The van der Waals surface area contributed by atoms with Gasteiger partial charge in [0.2, 0.25) is 0 Å². The molecule has 0 aliphatic carbocycles. The van der Waals surface area contributed by atoms with E-state index in [4.69, 9.17) is 11.6 Å². The van der Waals surface area contributed by atoms with E-state index < -0.39 is 6.10 Å². The molecule has 1 aromatic heterocycles. The van der Waals surface area contributed by atoms with Crippen LogP contribution in [-0.2, 0) is 0 Å². The third-order valence-electron chi connectivity index (χ3n) is 4.13. The number of benzene rings is 2. The van der Waals surface area contributed by atoms with Crippen LogP contribution in [0.15, 0.2) is 66.9 Å². The zero-order valence-corrected chi connectivity index (χ0v) is 15.6. The van der Waals surface area contributed by atoms with Crippen molar-refractivity contribution in [2.24, 2.45) is 0 Å². The summed E-state index contributed by atoms with van der Waals surface area (Å²) in [5, 5.41) is 16.7. The van der Waals surface area contributed by atoms with E-state index in [0.717, 1.165) is 11.1 Å². The lowest BCUT2D eigenvalue weighted by atomic mass is 10.0. The van der Waals surface area contributed by atoms with Gasteiger partial charge >= 0.3 is 0 Å². The molecule has 2 aromatic carbocycles. The number of aryl methyl sites for hydroxylation is 1. The Morgan fingerprint density at radius 2 is 1.96 bits per heavy atom. The fourth-order valence-electron chi connectivity index (χ4n) is 2.67. The second-order valence-corrected chi connectivity index (χ2v) is 6.59. The third-order valence-corrected chi connectivity index (χ3v) is 4.37. The highest BCUT2D eigenvalue weighted by molar-refractivity contribution is 6.30. The van der Waals surface area contributed by atoms with Crippen LogP contribution in [0.3, 0.4) is 0 Å². The van der Waals surface area contributed by atoms with Crippen LogP contribution in [0.1, 0.15) is 27.6 Å². The van der Waals surface area contributed by atoms with Crippen molar-refractivity contribution in [2.75, 3.05) is 17.2 Å². The summed E-state index contributed by atoms with van der Waals surface area (Å²) in [6.45, 7) is 2.29. The van der Waals surface area contributed by atoms with E-state index in [1.54, 1.807) is 36.4 Å². The van der Waals surface area contributed by atoms with E-state index in [9.17, 15) is 9.90 Å². The summed E-state index contributed by atoms with van der Waals surface area (Å²) in [6.07, 6.45) is 0.848. The number of nitrogens with one attached hydrogen (secondary N) is 2. The first-order valence-corrected chi connectivity index (χ1v) is 8.91. The number of hydrogen-bond donors (Lipinski definition) is 3. The fraction of sp³-hybridized carbons (Fsp3) is 0.143. The molecule has 0 spiro atoms. The van der Waals surface area contributed by atoms with Crippen LogP contribution in [0.5, 0.6) is 0 Å². The Morgan fingerprint density at radius 1 is 1.15 bits per heavy atom. The molecule has 138 valence electrons. The van der Waals surface area contributed by atoms with E-state index in [2.05, 4.69) is 15.6 Å². The smallest absolute Gasteiger partial charge is 0.257 e. The predicted octanol–water partition coefficient (Wildman–Crippen LogP) is 4.44. The maximum Gasteiger partial charge on any atom is 0.257 e. The molecule has 27 heavy (non-hydrogen) atoms. The number of carbonyl (C=O) groups excluding carboxylic acids is 1. The van der Waals surface area contributed by atoms with E-state index in [-0.39, 0.29) is 5.91 Å². The summed E-state index contributed by atoms with van der Waals surface area (Å²) in [7, 11) is 0. The number of carbonyl (C=O) groups is 1. The van der Waals surface area contributed by atoms with E-state index in [1.807, 2.05) is 31.2 Å². The van der Waals surface area contributed by atoms with Crippen molar-refractivity contribution in [1.82, 2.24) is 4.98 Å². The zero-order valence-electron chi connectivity index (χ0n) is 14.8. The van der Waals surface area contributed by atoms with Crippen LogP contribution >= 0.6 is 11.6 Å². The highest BCUT2D eigenvalue weighted by Gasteiger charge is 2.11. The number of nitrogens with zero attached hydrogens (tertiary/aromatic N) is 1. The van der Waals surface area contributed by atoms with Gasteiger partial charge in [-0.2, -0.15) is 0 Å². The first kappa shape index (κ1) is 18.9. The summed E-state index contributed by atoms with van der Waals surface area (Å²) in [6, 6.07) is 18.0. The molecule has 0 aliphatic heterocycles. The predicted molar refractivity (Wildman–Crippen MR) is 108 cm³/mol. The highest BCUT2D eigenvalue weighted by Crippen LogP contribution is 2.18. The second kappa shape index (κ2) is 8.66. The minimum Gasteiger partial charge on any atom is -0.387 e. The fourth-order valence-corrected chi connectivity index (χ4v) is 2.86. The zero-order chi connectivity index (χ0) is 19.2. The maximum atomic E-state index is 12.3. The minimum atomic E-state index is -0.640. The molecule has 0 saturated carbocycles. The molecule has 1 amide bonds. The van der Waals surface area contributed by atoms with Crippen molar-refractivity contribution in [1.29, 1.82) is 0 Å². The number of amides is 1. The lowest BCUT2D eigenvalue weighted by Gasteiger charge is -2.15. The lowest BCUT2D eigenvalue weighted by molar-refractivity contribution is 0.102. The normalized spacial score (nSPS) is 11.7. The molecule has 1 heterocycles. The molecule has 0 saturated heterocycles. The van der Waals surface area contributed by atoms with Crippen molar-refractivity contribution < 1.29 is 9.90 Å². The van der Waals surface area contributed by atoms with Crippen molar-refractivity contribution in [3.8, 4) is 0 Å². The van der Waals surface area contributed by atoms with Gasteiger partial charge in [0.05, 0.1) is 11.7 Å². The summed E-state index contributed by atoms with van der Waals surface area (Å²) >= 11 is 5.92. The first-order valence-electron chi connectivity index (χ1n) is 8.53. The molecular formula is C21H20ClN3O2. The molecule has 1 atom stereocenters. The number of pyridine rings is 1. The van der Waals surface area contributed by atoms with Gasteiger partial charge in [0, 0.05) is 23.5 Å². The molecule has 3 aromatic rings. The van der Waals surface area contributed by atoms with Gasteiger partial charge in [0.1, 0.15) is 5.82 Å².